The second-order valence-corrected chi connectivity index (χ2v) is 5.36. The second kappa shape index (κ2) is 7.10. The lowest BCUT2D eigenvalue weighted by atomic mass is 10.2. The molecule has 1 heterocycles. The number of thiophene rings is 1. The quantitative estimate of drug-likeness (QED) is 0.877. The molecule has 0 atom stereocenters. The normalized spacial score (nSPS) is 10.3. The third-order valence-electron chi connectivity index (χ3n) is 3.22. The number of benzene rings is 1. The minimum atomic E-state index is 0.0268. The van der Waals surface area contributed by atoms with Gasteiger partial charge in [-0.2, -0.15) is 11.3 Å². The number of carbonyl (C=O) groups excluding carboxylic acids is 1. The first-order valence-electron chi connectivity index (χ1n) is 6.88. The van der Waals surface area contributed by atoms with E-state index >= 15 is 0 Å². The fraction of sp³-hybridized carbons (Fsp3) is 0.312. The van der Waals surface area contributed by atoms with E-state index in [9.17, 15) is 4.79 Å². The molecule has 106 valence electrons. The number of rotatable bonds is 6. The molecule has 0 saturated heterocycles. The molecule has 2 aromatic rings. The minimum Gasteiger partial charge on any atom is -0.372 e. The highest BCUT2D eigenvalue weighted by Gasteiger charge is 2.05. The third kappa shape index (κ3) is 3.84. The van der Waals surface area contributed by atoms with Crippen molar-refractivity contribution in [3.63, 3.8) is 0 Å². The molecule has 4 heteroatoms. The number of hydrogen-bond donors (Lipinski definition) is 1. The van der Waals surface area contributed by atoms with Gasteiger partial charge >= 0.3 is 0 Å². The van der Waals surface area contributed by atoms with Crippen molar-refractivity contribution >= 4 is 28.6 Å². The van der Waals surface area contributed by atoms with E-state index in [-0.39, 0.29) is 5.91 Å². The first kappa shape index (κ1) is 14.6. The molecule has 0 aliphatic rings. The Hall–Kier alpha value is -1.81. The zero-order valence-corrected chi connectivity index (χ0v) is 12.7. The van der Waals surface area contributed by atoms with E-state index in [1.54, 1.807) is 11.3 Å². The Morgan fingerprint density at radius 3 is 2.40 bits per heavy atom. The standard InChI is InChI=1S/C16H20N2OS/c1-3-18(4-2)15-7-5-14(6-8-15)17-16(19)11-13-9-10-20-12-13/h5-10,12H,3-4,11H2,1-2H3,(H,17,19). The van der Waals surface area contributed by atoms with Crippen molar-refractivity contribution in [2.45, 2.75) is 20.3 Å². The highest BCUT2D eigenvalue weighted by molar-refractivity contribution is 7.08. The molecule has 2 rings (SSSR count). The van der Waals surface area contributed by atoms with Crippen LogP contribution in [0.25, 0.3) is 0 Å². The molecule has 1 N–H and O–H groups in total. The van der Waals surface area contributed by atoms with Crippen LogP contribution in [0, 0.1) is 0 Å². The van der Waals surface area contributed by atoms with Crippen molar-refractivity contribution in [2.75, 3.05) is 23.3 Å². The Kier molecular flexibility index (Phi) is 5.18. The Morgan fingerprint density at radius 2 is 1.85 bits per heavy atom. The van der Waals surface area contributed by atoms with Gasteiger partial charge in [0, 0.05) is 24.5 Å². The SMILES string of the molecule is CCN(CC)c1ccc(NC(=O)Cc2ccsc2)cc1. The maximum atomic E-state index is 11.9. The lowest BCUT2D eigenvalue weighted by Crippen LogP contribution is -2.21. The summed E-state index contributed by atoms with van der Waals surface area (Å²) >= 11 is 1.61. The summed E-state index contributed by atoms with van der Waals surface area (Å²) in [4.78, 5) is 14.2. The summed E-state index contributed by atoms with van der Waals surface area (Å²) in [5.74, 6) is 0.0268. The summed E-state index contributed by atoms with van der Waals surface area (Å²) < 4.78 is 0. The Labute approximate surface area is 124 Å². The van der Waals surface area contributed by atoms with Crippen LogP contribution < -0.4 is 10.2 Å². The van der Waals surface area contributed by atoms with E-state index in [0.717, 1.165) is 24.3 Å². The van der Waals surface area contributed by atoms with Gasteiger partial charge in [-0.3, -0.25) is 4.79 Å². The van der Waals surface area contributed by atoms with Gasteiger partial charge in [-0.25, -0.2) is 0 Å². The highest BCUT2D eigenvalue weighted by atomic mass is 32.1. The fourth-order valence-corrected chi connectivity index (χ4v) is 2.80. The maximum absolute atomic E-state index is 11.9. The summed E-state index contributed by atoms with van der Waals surface area (Å²) in [5, 5.41) is 6.92. The van der Waals surface area contributed by atoms with E-state index in [0.29, 0.717) is 6.42 Å². The van der Waals surface area contributed by atoms with E-state index in [1.807, 2.05) is 41.1 Å². The molecule has 0 aliphatic carbocycles. The van der Waals surface area contributed by atoms with Crippen molar-refractivity contribution < 1.29 is 4.79 Å². The van der Waals surface area contributed by atoms with Crippen LogP contribution in [-0.2, 0) is 11.2 Å². The summed E-state index contributed by atoms with van der Waals surface area (Å²) in [6.45, 7) is 6.25. The molecule has 3 nitrogen and oxygen atoms in total. The molecular weight excluding hydrogens is 268 g/mol. The second-order valence-electron chi connectivity index (χ2n) is 4.58. The fourth-order valence-electron chi connectivity index (χ4n) is 2.13. The van der Waals surface area contributed by atoms with Gasteiger partial charge in [0.15, 0.2) is 0 Å². The number of amides is 1. The van der Waals surface area contributed by atoms with Crippen LogP contribution in [0.1, 0.15) is 19.4 Å². The van der Waals surface area contributed by atoms with E-state index < -0.39 is 0 Å². The summed E-state index contributed by atoms with van der Waals surface area (Å²) in [7, 11) is 0. The Balaban J connectivity index is 1.95. The van der Waals surface area contributed by atoms with Gasteiger partial charge in [-0.05, 0) is 60.5 Å². The molecule has 0 saturated carbocycles. The number of anilines is 2. The minimum absolute atomic E-state index is 0.0268. The van der Waals surface area contributed by atoms with Crippen LogP contribution in [-0.4, -0.2) is 19.0 Å². The average Bonchev–Trinajstić information content (AvgIpc) is 2.94. The van der Waals surface area contributed by atoms with Crippen molar-refractivity contribution in [2.24, 2.45) is 0 Å². The topological polar surface area (TPSA) is 32.3 Å². The number of carbonyl (C=O) groups is 1. The monoisotopic (exact) mass is 288 g/mol. The van der Waals surface area contributed by atoms with Crippen LogP contribution in [0.15, 0.2) is 41.1 Å². The van der Waals surface area contributed by atoms with E-state index in [2.05, 4.69) is 24.1 Å². The zero-order valence-electron chi connectivity index (χ0n) is 11.9. The Morgan fingerprint density at radius 1 is 1.15 bits per heavy atom. The average molecular weight is 288 g/mol. The van der Waals surface area contributed by atoms with Crippen LogP contribution >= 0.6 is 11.3 Å². The number of nitrogens with one attached hydrogen (secondary N) is 1. The molecule has 20 heavy (non-hydrogen) atoms. The molecule has 0 bridgehead atoms. The first-order chi connectivity index (χ1) is 9.72. The van der Waals surface area contributed by atoms with Crippen LogP contribution in [0.4, 0.5) is 11.4 Å². The summed E-state index contributed by atoms with van der Waals surface area (Å²) in [6, 6.07) is 9.99. The van der Waals surface area contributed by atoms with Crippen LogP contribution in [0.5, 0.6) is 0 Å². The molecule has 0 fully saturated rings. The lowest BCUT2D eigenvalue weighted by molar-refractivity contribution is -0.115. The maximum Gasteiger partial charge on any atom is 0.228 e. The zero-order chi connectivity index (χ0) is 14.4. The predicted octanol–water partition coefficient (Wildman–Crippen LogP) is 3.78. The molecule has 1 aromatic heterocycles. The third-order valence-corrected chi connectivity index (χ3v) is 3.96. The summed E-state index contributed by atoms with van der Waals surface area (Å²) in [6.07, 6.45) is 0.432. The molecule has 1 aromatic carbocycles. The van der Waals surface area contributed by atoms with Gasteiger partial charge in [0.2, 0.25) is 5.91 Å². The summed E-state index contributed by atoms with van der Waals surface area (Å²) in [5.41, 5.74) is 3.10. The highest BCUT2D eigenvalue weighted by Crippen LogP contribution is 2.18. The smallest absolute Gasteiger partial charge is 0.228 e. The molecule has 0 radical (unpaired) electrons. The van der Waals surface area contributed by atoms with Gasteiger partial charge < -0.3 is 10.2 Å². The molecule has 0 spiro atoms. The number of nitrogens with zero attached hydrogens (tertiary/aromatic N) is 1. The van der Waals surface area contributed by atoms with E-state index in [4.69, 9.17) is 0 Å². The van der Waals surface area contributed by atoms with Crippen LogP contribution in [0.3, 0.4) is 0 Å². The predicted molar refractivity (Wildman–Crippen MR) is 86.7 cm³/mol. The van der Waals surface area contributed by atoms with Gasteiger partial charge in [-0.15, -0.1) is 0 Å². The van der Waals surface area contributed by atoms with Gasteiger partial charge in [0.1, 0.15) is 0 Å². The van der Waals surface area contributed by atoms with Crippen molar-refractivity contribution in [3.8, 4) is 0 Å². The lowest BCUT2D eigenvalue weighted by Gasteiger charge is -2.21. The molecule has 0 unspecified atom stereocenters. The Bertz CT molecular complexity index is 530. The van der Waals surface area contributed by atoms with Crippen LogP contribution in [0.2, 0.25) is 0 Å². The molecule has 0 aliphatic heterocycles. The van der Waals surface area contributed by atoms with Crippen molar-refractivity contribution in [1.82, 2.24) is 0 Å². The van der Waals surface area contributed by atoms with Gasteiger partial charge in [0.25, 0.3) is 0 Å². The van der Waals surface area contributed by atoms with Gasteiger partial charge in [-0.1, -0.05) is 0 Å². The number of hydrogen-bond acceptors (Lipinski definition) is 3. The van der Waals surface area contributed by atoms with Gasteiger partial charge in [0.05, 0.1) is 6.42 Å². The first-order valence-corrected chi connectivity index (χ1v) is 7.83. The largest absolute Gasteiger partial charge is 0.372 e. The van der Waals surface area contributed by atoms with Crippen molar-refractivity contribution in [1.29, 1.82) is 0 Å². The van der Waals surface area contributed by atoms with Crippen molar-refractivity contribution in [3.05, 3.63) is 46.7 Å². The molecule has 1 amide bonds. The van der Waals surface area contributed by atoms with E-state index in [1.165, 1.54) is 5.69 Å². The molecular formula is C16H20N2OS.